The molecule has 0 atom stereocenters. The van der Waals surface area contributed by atoms with Gasteiger partial charge >= 0.3 is 6.03 Å². The number of aryl methyl sites for hydroxylation is 2. The van der Waals surface area contributed by atoms with Gasteiger partial charge in [-0.3, -0.25) is 5.32 Å². The highest BCUT2D eigenvalue weighted by molar-refractivity contribution is 7.12. The van der Waals surface area contributed by atoms with Gasteiger partial charge in [0, 0.05) is 22.8 Å². The van der Waals surface area contributed by atoms with E-state index in [-0.39, 0.29) is 6.03 Å². The summed E-state index contributed by atoms with van der Waals surface area (Å²) in [6, 6.07) is 13.7. The molecule has 0 saturated heterocycles. The average molecular weight is 409 g/mol. The molecule has 2 heterocycles. The zero-order chi connectivity index (χ0) is 19.5. The number of rotatable bonds is 4. The zero-order valence-electron chi connectivity index (χ0n) is 15.1. The number of anilines is 2. The van der Waals surface area contributed by atoms with Crippen LogP contribution in [0.2, 0.25) is 0 Å². The molecule has 0 radical (unpaired) electrons. The summed E-state index contributed by atoms with van der Waals surface area (Å²) in [7, 11) is 0. The quantitative estimate of drug-likeness (QED) is 0.496. The Morgan fingerprint density at radius 1 is 0.964 bits per heavy atom. The third kappa shape index (κ3) is 3.90. The maximum atomic E-state index is 12.1. The summed E-state index contributed by atoms with van der Waals surface area (Å²) in [6.07, 6.45) is 0. The van der Waals surface area contributed by atoms with Gasteiger partial charge in [0.25, 0.3) is 0 Å². The van der Waals surface area contributed by atoms with Crippen LogP contribution in [0.25, 0.3) is 21.7 Å². The van der Waals surface area contributed by atoms with Gasteiger partial charge in [0.2, 0.25) is 0 Å². The second-order valence-corrected chi connectivity index (χ2v) is 7.70. The smallest absolute Gasteiger partial charge is 0.308 e. The van der Waals surface area contributed by atoms with Gasteiger partial charge in [-0.25, -0.2) is 4.79 Å². The molecule has 0 saturated carbocycles. The molecule has 4 rings (SSSR count). The summed E-state index contributed by atoms with van der Waals surface area (Å²) < 4.78 is 3.80. The Bertz CT molecular complexity index is 1110. The Kier molecular flexibility index (Phi) is 5.09. The summed E-state index contributed by atoms with van der Waals surface area (Å²) in [5.41, 5.74) is 7.52. The molecule has 140 valence electrons. The van der Waals surface area contributed by atoms with Crippen molar-refractivity contribution in [2.45, 2.75) is 13.8 Å². The molecule has 2 aromatic carbocycles. The minimum Gasteiger partial charge on any atom is -0.308 e. The fraction of sp³-hybridized carbons (Fsp3) is 0.105. The number of urea groups is 1. The van der Waals surface area contributed by atoms with E-state index in [0.29, 0.717) is 16.4 Å². The Morgan fingerprint density at radius 3 is 2.43 bits per heavy atom. The summed E-state index contributed by atoms with van der Waals surface area (Å²) in [4.78, 5) is 12.1. The first-order valence-corrected chi connectivity index (χ1v) is 10.1. The van der Waals surface area contributed by atoms with E-state index in [0.717, 1.165) is 33.2 Å². The lowest BCUT2D eigenvalue weighted by Crippen LogP contribution is -2.19. The Balaban J connectivity index is 1.51. The third-order valence-corrected chi connectivity index (χ3v) is 5.66. The van der Waals surface area contributed by atoms with Crippen molar-refractivity contribution in [3.8, 4) is 21.7 Å². The molecular formula is C19H16N6OS2. The number of carbonyl (C=O) groups excluding carboxylic acids is 1. The van der Waals surface area contributed by atoms with Crippen LogP contribution in [0.4, 0.5) is 15.5 Å². The number of hydrogen-bond donors (Lipinski definition) is 2. The van der Waals surface area contributed by atoms with Gasteiger partial charge in [-0.05, 0) is 48.7 Å². The SMILES string of the molecule is Cc1ccc(-c2nncs2)cc1-c1ccc(NC(=O)Nc2snnc2C)cc1. The molecule has 0 aliphatic carbocycles. The van der Waals surface area contributed by atoms with Gasteiger partial charge in [-0.1, -0.05) is 40.1 Å². The van der Waals surface area contributed by atoms with Crippen LogP contribution in [0.3, 0.4) is 0 Å². The van der Waals surface area contributed by atoms with Crippen molar-refractivity contribution in [3.05, 3.63) is 59.2 Å². The molecule has 2 aromatic heterocycles. The molecule has 2 N–H and O–H groups in total. The molecule has 0 aliphatic rings. The molecule has 4 aromatic rings. The van der Waals surface area contributed by atoms with Gasteiger partial charge in [-0.2, -0.15) is 0 Å². The average Bonchev–Trinajstić information content (AvgIpc) is 3.36. The van der Waals surface area contributed by atoms with Crippen molar-refractivity contribution >= 4 is 39.6 Å². The zero-order valence-corrected chi connectivity index (χ0v) is 16.8. The van der Waals surface area contributed by atoms with Crippen molar-refractivity contribution in [2.24, 2.45) is 0 Å². The minimum absolute atomic E-state index is 0.323. The number of hydrogen-bond acceptors (Lipinski definition) is 7. The second kappa shape index (κ2) is 7.83. The molecular weight excluding hydrogens is 392 g/mol. The number of benzene rings is 2. The molecule has 7 nitrogen and oxygen atoms in total. The van der Waals surface area contributed by atoms with E-state index >= 15 is 0 Å². The first-order valence-electron chi connectivity index (χ1n) is 8.45. The van der Waals surface area contributed by atoms with Crippen molar-refractivity contribution < 1.29 is 4.79 Å². The van der Waals surface area contributed by atoms with Gasteiger partial charge in [0.1, 0.15) is 15.5 Å². The van der Waals surface area contributed by atoms with E-state index in [1.165, 1.54) is 16.9 Å². The lowest BCUT2D eigenvalue weighted by molar-refractivity contribution is 0.262. The predicted molar refractivity (Wildman–Crippen MR) is 113 cm³/mol. The highest BCUT2D eigenvalue weighted by Gasteiger charge is 2.10. The molecule has 0 aliphatic heterocycles. The van der Waals surface area contributed by atoms with Crippen molar-refractivity contribution in [2.75, 3.05) is 10.6 Å². The van der Waals surface area contributed by atoms with Gasteiger partial charge in [0.05, 0.1) is 5.69 Å². The van der Waals surface area contributed by atoms with E-state index in [1.807, 2.05) is 24.3 Å². The maximum absolute atomic E-state index is 12.1. The topological polar surface area (TPSA) is 92.7 Å². The van der Waals surface area contributed by atoms with E-state index < -0.39 is 0 Å². The Morgan fingerprint density at radius 2 is 1.75 bits per heavy atom. The maximum Gasteiger partial charge on any atom is 0.324 e. The van der Waals surface area contributed by atoms with Crippen LogP contribution in [-0.4, -0.2) is 25.8 Å². The lowest BCUT2D eigenvalue weighted by Gasteiger charge is -2.10. The van der Waals surface area contributed by atoms with E-state index in [9.17, 15) is 4.79 Å². The molecule has 0 unspecified atom stereocenters. The minimum atomic E-state index is -0.323. The van der Waals surface area contributed by atoms with Crippen LogP contribution >= 0.6 is 22.9 Å². The first kappa shape index (κ1) is 18.2. The number of nitrogens with one attached hydrogen (secondary N) is 2. The van der Waals surface area contributed by atoms with E-state index in [2.05, 4.69) is 55.5 Å². The molecule has 0 spiro atoms. The van der Waals surface area contributed by atoms with Crippen molar-refractivity contribution in [1.29, 1.82) is 0 Å². The van der Waals surface area contributed by atoms with Crippen LogP contribution in [0.5, 0.6) is 0 Å². The first-order chi connectivity index (χ1) is 13.6. The molecule has 0 bridgehead atoms. The summed E-state index contributed by atoms with van der Waals surface area (Å²) in [6.45, 7) is 3.87. The van der Waals surface area contributed by atoms with Crippen LogP contribution in [0.1, 0.15) is 11.3 Å². The number of amides is 2. The number of aromatic nitrogens is 4. The second-order valence-electron chi connectivity index (χ2n) is 6.12. The van der Waals surface area contributed by atoms with Gasteiger partial charge in [0.15, 0.2) is 0 Å². The highest BCUT2D eigenvalue weighted by Crippen LogP contribution is 2.30. The monoisotopic (exact) mass is 408 g/mol. The fourth-order valence-electron chi connectivity index (χ4n) is 2.71. The summed E-state index contributed by atoms with van der Waals surface area (Å²) >= 11 is 2.66. The standard InChI is InChI=1S/C19H16N6OS2/c1-11-3-4-14(18-24-20-10-27-18)9-16(11)13-5-7-15(8-6-13)21-19(26)22-17-12(2)23-25-28-17/h3-10H,1-2H3,(H2,21,22,26). The van der Waals surface area contributed by atoms with Crippen LogP contribution < -0.4 is 10.6 Å². The lowest BCUT2D eigenvalue weighted by atomic mass is 9.98. The van der Waals surface area contributed by atoms with Gasteiger partial charge < -0.3 is 5.32 Å². The van der Waals surface area contributed by atoms with Crippen LogP contribution in [0.15, 0.2) is 48.0 Å². The highest BCUT2D eigenvalue weighted by atomic mass is 32.1. The number of carbonyl (C=O) groups is 1. The van der Waals surface area contributed by atoms with Crippen LogP contribution in [0, 0.1) is 13.8 Å². The normalized spacial score (nSPS) is 10.6. The van der Waals surface area contributed by atoms with Crippen molar-refractivity contribution in [1.82, 2.24) is 19.8 Å². The molecule has 0 fully saturated rings. The molecule has 9 heteroatoms. The van der Waals surface area contributed by atoms with Crippen LogP contribution in [-0.2, 0) is 0 Å². The van der Waals surface area contributed by atoms with Crippen molar-refractivity contribution in [3.63, 3.8) is 0 Å². The fourth-order valence-corrected chi connectivity index (χ4v) is 3.82. The van der Waals surface area contributed by atoms with E-state index in [1.54, 1.807) is 12.4 Å². The Hall–Kier alpha value is -3.17. The predicted octanol–water partition coefficient (Wildman–Crippen LogP) is 4.98. The summed E-state index contributed by atoms with van der Waals surface area (Å²) in [5, 5.41) is 19.0. The van der Waals surface area contributed by atoms with E-state index in [4.69, 9.17) is 0 Å². The number of nitrogens with zero attached hydrogens (tertiary/aromatic N) is 4. The molecule has 2 amide bonds. The summed E-state index contributed by atoms with van der Waals surface area (Å²) in [5.74, 6) is 0. The largest absolute Gasteiger partial charge is 0.324 e. The molecule has 28 heavy (non-hydrogen) atoms. The van der Waals surface area contributed by atoms with Gasteiger partial charge in [-0.15, -0.1) is 15.3 Å². The Labute approximate surface area is 169 Å². The third-order valence-electron chi connectivity index (χ3n) is 4.18.